The van der Waals surface area contributed by atoms with Crippen LogP contribution in [0.15, 0.2) is 121 Å². The summed E-state index contributed by atoms with van der Waals surface area (Å²) in [6.45, 7) is 0.620. The molecule has 0 fully saturated rings. The maximum absolute atomic E-state index is 6.40. The largest absolute Gasteiger partial charge is 0.340 e. The Morgan fingerprint density at radius 3 is 1.21 bits per heavy atom. The number of benzene rings is 4. The number of hydrogen-bond acceptors (Lipinski definition) is 1. The van der Waals surface area contributed by atoms with Crippen LogP contribution in [0.1, 0.15) is 5.56 Å². The predicted octanol–water partition coefficient (Wildman–Crippen LogP) is 5.15. The normalized spacial score (nSPS) is 11.3. The molecule has 2 heteroatoms. The smallest absolute Gasteiger partial charge is 0.171 e. The van der Waals surface area contributed by atoms with Crippen LogP contribution in [0.2, 0.25) is 0 Å². The lowest BCUT2D eigenvalue weighted by Crippen LogP contribution is -2.34. The summed E-state index contributed by atoms with van der Waals surface area (Å²) in [5, 5.41) is 4.04. The van der Waals surface area contributed by atoms with Crippen molar-refractivity contribution >= 4 is 23.2 Å². The topological polar surface area (TPSA) is 9.23 Å². The fourth-order valence-corrected chi connectivity index (χ4v) is 7.34. The van der Waals surface area contributed by atoms with Gasteiger partial charge in [0.25, 0.3) is 0 Å². The number of ether oxygens (including phenoxy) is 1. The Kier molecular flexibility index (Phi) is 5.97. The van der Waals surface area contributed by atoms with E-state index in [1.54, 1.807) is 0 Å². The van der Waals surface area contributed by atoms with E-state index in [-0.39, 0.29) is 0 Å². The summed E-state index contributed by atoms with van der Waals surface area (Å²) in [4.78, 5) is 0. The third-order valence-electron chi connectivity index (χ3n) is 4.99. The van der Waals surface area contributed by atoms with Crippen LogP contribution < -0.4 is 15.9 Å². The molecule has 138 valence electrons. The minimum Gasteiger partial charge on any atom is -0.340 e. The third kappa shape index (κ3) is 3.92. The van der Waals surface area contributed by atoms with Crippen molar-refractivity contribution in [2.24, 2.45) is 0 Å². The molecule has 0 unspecified atom stereocenters. The Morgan fingerprint density at radius 2 is 0.821 bits per heavy atom. The molecule has 0 spiro atoms. The van der Waals surface area contributed by atoms with Gasteiger partial charge >= 0.3 is 0 Å². The average Bonchev–Trinajstić information content (AvgIpc) is 2.79. The molecule has 0 aliphatic heterocycles. The van der Waals surface area contributed by atoms with Gasteiger partial charge < -0.3 is 4.74 Å². The van der Waals surface area contributed by atoms with Crippen LogP contribution in [-0.2, 0) is 11.3 Å². The van der Waals surface area contributed by atoms with Crippen molar-refractivity contribution in [2.75, 3.05) is 6.35 Å². The van der Waals surface area contributed by atoms with Crippen molar-refractivity contribution in [1.82, 2.24) is 0 Å². The number of hydrogen-bond donors (Lipinski definition) is 0. The molecule has 28 heavy (non-hydrogen) atoms. The molecule has 0 aliphatic carbocycles. The van der Waals surface area contributed by atoms with Crippen molar-refractivity contribution in [3.63, 3.8) is 0 Å². The van der Waals surface area contributed by atoms with Crippen LogP contribution in [0.25, 0.3) is 0 Å². The fraction of sp³-hybridized carbons (Fsp3) is 0.0769. The summed E-state index contributed by atoms with van der Waals surface area (Å²) >= 11 is 0. The molecule has 0 N–H and O–H groups in total. The van der Waals surface area contributed by atoms with Gasteiger partial charge in [-0.3, -0.25) is 0 Å². The second-order valence-electron chi connectivity index (χ2n) is 6.78. The molecule has 0 aromatic heterocycles. The Balaban J connectivity index is 1.79. The minimum atomic E-state index is -1.91. The lowest BCUT2D eigenvalue weighted by molar-refractivity contribution is 0.166. The van der Waals surface area contributed by atoms with Crippen LogP contribution in [0.4, 0.5) is 0 Å². The Labute approximate surface area is 168 Å². The quantitative estimate of drug-likeness (QED) is 0.401. The van der Waals surface area contributed by atoms with E-state index in [0.29, 0.717) is 13.0 Å². The lowest BCUT2D eigenvalue weighted by Gasteiger charge is -2.27. The number of rotatable bonds is 7. The van der Waals surface area contributed by atoms with Crippen molar-refractivity contribution in [2.45, 2.75) is 6.61 Å². The van der Waals surface area contributed by atoms with Crippen LogP contribution in [0, 0.1) is 0 Å². The van der Waals surface area contributed by atoms with E-state index in [4.69, 9.17) is 4.74 Å². The molecule has 0 heterocycles. The molecule has 0 saturated carbocycles. The van der Waals surface area contributed by atoms with Gasteiger partial charge in [0.05, 0.1) is 6.61 Å². The molecular weight excluding hydrogens is 359 g/mol. The van der Waals surface area contributed by atoms with Gasteiger partial charge in [0.2, 0.25) is 0 Å². The van der Waals surface area contributed by atoms with Gasteiger partial charge in [-0.2, -0.15) is 0 Å². The van der Waals surface area contributed by atoms with Crippen molar-refractivity contribution < 1.29 is 4.74 Å². The molecule has 0 atom stereocenters. The first-order valence-electron chi connectivity index (χ1n) is 9.56. The lowest BCUT2D eigenvalue weighted by atomic mass is 10.2. The first-order chi connectivity index (χ1) is 13.9. The molecule has 0 bridgehead atoms. The van der Waals surface area contributed by atoms with Gasteiger partial charge in [0.15, 0.2) is 6.35 Å². The molecule has 1 nitrogen and oxygen atoms in total. The van der Waals surface area contributed by atoms with Gasteiger partial charge in [0, 0.05) is 0 Å². The fourth-order valence-electron chi connectivity index (χ4n) is 3.59. The minimum absolute atomic E-state index is 0.620. The third-order valence-corrected chi connectivity index (χ3v) is 9.10. The Hall–Kier alpha value is -2.73. The van der Waals surface area contributed by atoms with Gasteiger partial charge in [-0.05, 0) is 42.0 Å². The predicted molar refractivity (Wildman–Crippen MR) is 121 cm³/mol. The average molecular weight is 383 g/mol. The van der Waals surface area contributed by atoms with E-state index < -0.39 is 7.26 Å². The molecule has 0 radical (unpaired) electrons. The van der Waals surface area contributed by atoms with Crippen molar-refractivity contribution in [1.29, 1.82) is 0 Å². The van der Waals surface area contributed by atoms with Crippen LogP contribution in [0.3, 0.4) is 0 Å². The molecule has 0 saturated heterocycles. The maximum atomic E-state index is 6.40. The highest BCUT2D eigenvalue weighted by molar-refractivity contribution is 7.95. The van der Waals surface area contributed by atoms with E-state index in [1.807, 2.05) is 6.07 Å². The summed E-state index contributed by atoms with van der Waals surface area (Å²) in [6, 6.07) is 42.9. The van der Waals surface area contributed by atoms with Crippen molar-refractivity contribution in [3.8, 4) is 0 Å². The molecule has 0 aliphatic rings. The van der Waals surface area contributed by atoms with E-state index in [0.717, 1.165) is 0 Å². The summed E-state index contributed by atoms with van der Waals surface area (Å²) < 4.78 is 6.40. The summed E-state index contributed by atoms with van der Waals surface area (Å²) in [5.74, 6) is 0. The van der Waals surface area contributed by atoms with Crippen molar-refractivity contribution in [3.05, 3.63) is 127 Å². The Bertz CT molecular complexity index is 873. The zero-order valence-corrected chi connectivity index (χ0v) is 16.7. The van der Waals surface area contributed by atoms with E-state index in [2.05, 4.69) is 115 Å². The van der Waals surface area contributed by atoms with E-state index in [9.17, 15) is 0 Å². The molecule has 4 aromatic carbocycles. The summed E-state index contributed by atoms with van der Waals surface area (Å²) in [5.41, 5.74) is 1.20. The first kappa shape index (κ1) is 18.6. The SMILES string of the molecule is c1ccc(COC[P+](c2ccccc2)(c2ccccc2)c2ccccc2)cc1. The molecule has 4 aromatic rings. The zero-order chi connectivity index (χ0) is 19.1. The zero-order valence-electron chi connectivity index (χ0n) is 15.8. The standard InChI is InChI=1S/C26H24OP/c1-5-13-23(14-6-1)21-27-22-28(24-15-7-2-8-16-24,25-17-9-3-10-18-25)26-19-11-4-12-20-26/h1-20H,21-22H2/q+1. The second-order valence-corrected chi connectivity index (χ2v) is 10.2. The monoisotopic (exact) mass is 383 g/mol. The summed E-state index contributed by atoms with van der Waals surface area (Å²) in [7, 11) is -1.91. The van der Waals surface area contributed by atoms with E-state index in [1.165, 1.54) is 21.5 Å². The summed E-state index contributed by atoms with van der Waals surface area (Å²) in [6.07, 6.45) is 0.680. The van der Waals surface area contributed by atoms with Gasteiger partial charge in [-0.15, -0.1) is 0 Å². The maximum Gasteiger partial charge on any atom is 0.171 e. The van der Waals surface area contributed by atoms with Gasteiger partial charge in [-0.25, -0.2) is 0 Å². The highest BCUT2D eigenvalue weighted by Gasteiger charge is 2.45. The van der Waals surface area contributed by atoms with Gasteiger partial charge in [-0.1, -0.05) is 84.9 Å². The van der Waals surface area contributed by atoms with Crippen LogP contribution in [-0.4, -0.2) is 6.35 Å². The van der Waals surface area contributed by atoms with Crippen LogP contribution >= 0.6 is 7.26 Å². The molecule has 4 rings (SSSR count). The highest BCUT2D eigenvalue weighted by Crippen LogP contribution is 2.55. The Morgan fingerprint density at radius 1 is 0.464 bits per heavy atom. The molecular formula is C26H24OP+. The van der Waals surface area contributed by atoms with E-state index >= 15 is 0 Å². The van der Waals surface area contributed by atoms with Gasteiger partial charge in [0.1, 0.15) is 23.2 Å². The molecule has 0 amide bonds. The first-order valence-corrected chi connectivity index (χ1v) is 11.5. The second kappa shape index (κ2) is 8.97. The van der Waals surface area contributed by atoms with Crippen LogP contribution in [0.5, 0.6) is 0 Å². The highest BCUT2D eigenvalue weighted by atomic mass is 31.2.